The maximum atomic E-state index is 4.18. The van der Waals surface area contributed by atoms with Crippen LogP contribution in [0.2, 0.25) is 0 Å². The van der Waals surface area contributed by atoms with E-state index in [4.69, 9.17) is 0 Å². The van der Waals surface area contributed by atoms with Gasteiger partial charge in [-0.25, -0.2) is 14.6 Å². The molecule has 3 aromatic rings. The zero-order valence-electron chi connectivity index (χ0n) is 7.12. The van der Waals surface area contributed by atoms with E-state index in [0.29, 0.717) is 0 Å². The van der Waals surface area contributed by atoms with E-state index in [0.717, 1.165) is 16.9 Å². The Balaban J connectivity index is 2.33. The molecule has 0 saturated carbocycles. The maximum Gasteiger partial charge on any atom is 0.150 e. The van der Waals surface area contributed by atoms with Crippen molar-refractivity contribution in [2.45, 2.75) is 0 Å². The molecule has 6 heteroatoms. The molecule has 0 spiro atoms. The summed E-state index contributed by atoms with van der Waals surface area (Å²) in [7, 11) is 0. The molecule has 0 saturated heterocycles. The molecule has 0 radical (unpaired) electrons. The van der Waals surface area contributed by atoms with Crippen molar-refractivity contribution in [3.05, 3.63) is 31.0 Å². The lowest BCUT2D eigenvalue weighted by Gasteiger charge is -1.96. The van der Waals surface area contributed by atoms with Gasteiger partial charge in [0.15, 0.2) is 0 Å². The van der Waals surface area contributed by atoms with Crippen molar-refractivity contribution in [1.29, 1.82) is 0 Å². The summed E-state index contributed by atoms with van der Waals surface area (Å²) in [6.45, 7) is 0. The second-order valence-corrected chi connectivity index (χ2v) is 2.79. The van der Waals surface area contributed by atoms with Crippen molar-refractivity contribution in [2.24, 2.45) is 0 Å². The van der Waals surface area contributed by atoms with Gasteiger partial charge in [-0.05, 0) is 0 Å². The van der Waals surface area contributed by atoms with Gasteiger partial charge in [0.1, 0.15) is 23.2 Å². The fraction of sp³-hybridized carbons (Fsp3) is 0. The van der Waals surface area contributed by atoms with E-state index in [9.17, 15) is 0 Å². The monoisotopic (exact) mass is 186 g/mol. The summed E-state index contributed by atoms with van der Waals surface area (Å²) >= 11 is 0. The lowest BCUT2D eigenvalue weighted by atomic mass is 10.5. The van der Waals surface area contributed by atoms with Gasteiger partial charge < -0.3 is 0 Å². The molecule has 0 amide bonds. The average molecular weight is 186 g/mol. The van der Waals surface area contributed by atoms with Crippen LogP contribution in [-0.4, -0.2) is 29.9 Å². The number of fused-ring (bicyclic) bond motifs is 1. The molecule has 0 unspecified atom stereocenters. The minimum atomic E-state index is 0.801. The lowest BCUT2D eigenvalue weighted by molar-refractivity contribution is 0.859. The Bertz CT molecular complexity index is 552. The maximum absolute atomic E-state index is 4.18. The second kappa shape index (κ2) is 2.63. The fourth-order valence-corrected chi connectivity index (χ4v) is 1.33. The fourth-order valence-electron chi connectivity index (χ4n) is 1.33. The molecule has 1 N–H and O–H groups in total. The molecule has 3 aromatic heterocycles. The highest BCUT2D eigenvalue weighted by Crippen LogP contribution is 2.12. The SMILES string of the molecule is c1cc(-n2ncc3ncncc32)[nH]n1. The van der Waals surface area contributed by atoms with Gasteiger partial charge >= 0.3 is 0 Å². The zero-order chi connectivity index (χ0) is 9.38. The molecule has 3 rings (SSSR count). The van der Waals surface area contributed by atoms with Crippen LogP contribution in [0.25, 0.3) is 16.9 Å². The first kappa shape index (κ1) is 7.19. The van der Waals surface area contributed by atoms with Crippen LogP contribution in [0.15, 0.2) is 31.0 Å². The molecule has 0 aliphatic carbocycles. The van der Waals surface area contributed by atoms with Gasteiger partial charge in [-0.3, -0.25) is 5.10 Å². The van der Waals surface area contributed by atoms with Crippen LogP contribution >= 0.6 is 0 Å². The third-order valence-electron chi connectivity index (χ3n) is 1.96. The van der Waals surface area contributed by atoms with Gasteiger partial charge in [-0.2, -0.15) is 10.2 Å². The Morgan fingerprint density at radius 3 is 3.14 bits per heavy atom. The summed E-state index contributed by atoms with van der Waals surface area (Å²) in [6.07, 6.45) is 6.59. The molecule has 3 heterocycles. The molecule has 0 aliphatic heterocycles. The van der Waals surface area contributed by atoms with Crippen molar-refractivity contribution in [3.8, 4) is 5.82 Å². The van der Waals surface area contributed by atoms with E-state index in [1.165, 1.54) is 6.33 Å². The number of aromatic nitrogens is 6. The summed E-state index contributed by atoms with van der Waals surface area (Å²) < 4.78 is 1.71. The Labute approximate surface area is 78.6 Å². The van der Waals surface area contributed by atoms with Gasteiger partial charge in [0.25, 0.3) is 0 Å². The summed E-state index contributed by atoms with van der Waals surface area (Å²) in [6, 6.07) is 1.83. The Morgan fingerprint density at radius 2 is 2.29 bits per heavy atom. The van der Waals surface area contributed by atoms with Gasteiger partial charge in [-0.1, -0.05) is 0 Å². The predicted octanol–water partition coefficient (Wildman–Crippen LogP) is 0.539. The van der Waals surface area contributed by atoms with E-state index >= 15 is 0 Å². The molecule has 0 aliphatic rings. The molecular weight excluding hydrogens is 180 g/mol. The lowest BCUT2D eigenvalue weighted by Crippen LogP contribution is -1.96. The highest BCUT2D eigenvalue weighted by molar-refractivity contribution is 5.74. The van der Waals surface area contributed by atoms with E-state index in [1.54, 1.807) is 23.3 Å². The average Bonchev–Trinajstić information content (AvgIpc) is 2.85. The number of rotatable bonds is 1. The summed E-state index contributed by atoms with van der Waals surface area (Å²) in [5.41, 5.74) is 1.67. The van der Waals surface area contributed by atoms with Crippen molar-refractivity contribution in [1.82, 2.24) is 29.9 Å². The van der Waals surface area contributed by atoms with Gasteiger partial charge in [0.2, 0.25) is 0 Å². The van der Waals surface area contributed by atoms with E-state index in [1.807, 2.05) is 6.07 Å². The number of nitrogens with one attached hydrogen (secondary N) is 1. The summed E-state index contributed by atoms with van der Waals surface area (Å²) in [4.78, 5) is 8.03. The van der Waals surface area contributed by atoms with Crippen LogP contribution in [0.5, 0.6) is 0 Å². The molecule has 0 atom stereocenters. The van der Waals surface area contributed by atoms with Gasteiger partial charge in [0.05, 0.1) is 18.6 Å². The van der Waals surface area contributed by atoms with Crippen LogP contribution in [0.4, 0.5) is 0 Å². The van der Waals surface area contributed by atoms with Crippen molar-refractivity contribution in [2.75, 3.05) is 0 Å². The summed E-state index contributed by atoms with van der Waals surface area (Å²) in [5.74, 6) is 0.801. The number of hydrogen-bond acceptors (Lipinski definition) is 4. The minimum absolute atomic E-state index is 0.801. The van der Waals surface area contributed by atoms with Gasteiger partial charge in [-0.15, -0.1) is 0 Å². The van der Waals surface area contributed by atoms with Crippen LogP contribution in [0.1, 0.15) is 0 Å². The van der Waals surface area contributed by atoms with Crippen LogP contribution < -0.4 is 0 Å². The van der Waals surface area contributed by atoms with E-state index in [2.05, 4.69) is 25.3 Å². The Morgan fingerprint density at radius 1 is 1.29 bits per heavy atom. The van der Waals surface area contributed by atoms with Crippen molar-refractivity contribution >= 4 is 11.0 Å². The van der Waals surface area contributed by atoms with Crippen molar-refractivity contribution < 1.29 is 0 Å². The highest BCUT2D eigenvalue weighted by Gasteiger charge is 2.05. The normalized spacial score (nSPS) is 10.9. The molecule has 68 valence electrons. The predicted molar refractivity (Wildman–Crippen MR) is 48.8 cm³/mol. The largest absolute Gasteiger partial charge is 0.261 e. The Kier molecular flexibility index (Phi) is 1.35. The van der Waals surface area contributed by atoms with Crippen LogP contribution in [0, 0.1) is 0 Å². The number of nitrogens with zero attached hydrogens (tertiary/aromatic N) is 5. The van der Waals surface area contributed by atoms with Crippen LogP contribution in [-0.2, 0) is 0 Å². The zero-order valence-corrected chi connectivity index (χ0v) is 7.12. The molecule has 0 fully saturated rings. The molecule has 0 bridgehead atoms. The molecular formula is C8H6N6. The first-order valence-corrected chi connectivity index (χ1v) is 4.08. The highest BCUT2D eigenvalue weighted by atomic mass is 15.3. The quantitative estimate of drug-likeness (QED) is 0.602. The minimum Gasteiger partial charge on any atom is -0.261 e. The van der Waals surface area contributed by atoms with E-state index < -0.39 is 0 Å². The number of hydrogen-bond donors (Lipinski definition) is 1. The summed E-state index contributed by atoms with van der Waals surface area (Å²) in [5, 5.41) is 10.9. The molecule has 0 aromatic carbocycles. The Hall–Kier alpha value is -2.24. The van der Waals surface area contributed by atoms with Crippen LogP contribution in [0.3, 0.4) is 0 Å². The first-order valence-electron chi connectivity index (χ1n) is 4.08. The molecule has 6 nitrogen and oxygen atoms in total. The van der Waals surface area contributed by atoms with Crippen molar-refractivity contribution in [3.63, 3.8) is 0 Å². The number of aromatic amines is 1. The third kappa shape index (κ3) is 0.905. The topological polar surface area (TPSA) is 72.3 Å². The molecule has 14 heavy (non-hydrogen) atoms. The second-order valence-electron chi connectivity index (χ2n) is 2.79. The smallest absolute Gasteiger partial charge is 0.150 e. The number of H-pyrrole nitrogens is 1. The van der Waals surface area contributed by atoms with E-state index in [-0.39, 0.29) is 0 Å². The third-order valence-corrected chi connectivity index (χ3v) is 1.96. The first-order chi connectivity index (χ1) is 6.95. The standard InChI is InChI=1S/C8H6N6/c1-2-11-13-8(1)14-7-4-9-5-10-6(7)3-12-14/h1-5H,(H,11,13). The van der Waals surface area contributed by atoms with Gasteiger partial charge in [0, 0.05) is 6.07 Å².